The summed E-state index contributed by atoms with van der Waals surface area (Å²) >= 11 is 0. The number of hydrazine groups is 1. The van der Waals surface area contributed by atoms with Gasteiger partial charge in [0.2, 0.25) is 0 Å². The van der Waals surface area contributed by atoms with Crippen molar-refractivity contribution >= 4 is 12.4 Å². The van der Waals surface area contributed by atoms with Crippen LogP contribution in [0.15, 0.2) is 30.3 Å². The van der Waals surface area contributed by atoms with Gasteiger partial charge in [-0.25, -0.2) is 15.6 Å². The molecule has 0 spiro atoms. The van der Waals surface area contributed by atoms with Gasteiger partial charge in [0, 0.05) is 0 Å². The number of hydrogen-bond donors (Lipinski definition) is 1. The van der Waals surface area contributed by atoms with Crippen LogP contribution in [0.1, 0.15) is 32.3 Å². The van der Waals surface area contributed by atoms with Crippen molar-refractivity contribution in [1.29, 1.82) is 0 Å². The SMILES string of the molecule is CC(C)CC(C=O)N(N)C(=O)OCCCc1ccccc1. The topological polar surface area (TPSA) is 72.6 Å². The Balaban J connectivity index is 2.30. The zero-order chi connectivity index (χ0) is 15.7. The summed E-state index contributed by atoms with van der Waals surface area (Å²) in [6.07, 6.45) is 2.12. The second kappa shape index (κ2) is 9.13. The first-order chi connectivity index (χ1) is 10.0. The molecule has 0 aromatic heterocycles. The zero-order valence-corrected chi connectivity index (χ0v) is 12.7. The van der Waals surface area contributed by atoms with E-state index >= 15 is 0 Å². The molecule has 2 N–H and O–H groups in total. The lowest BCUT2D eigenvalue weighted by Gasteiger charge is -2.23. The van der Waals surface area contributed by atoms with Gasteiger partial charge >= 0.3 is 6.09 Å². The highest BCUT2D eigenvalue weighted by Crippen LogP contribution is 2.08. The molecule has 1 aromatic carbocycles. The van der Waals surface area contributed by atoms with Gasteiger partial charge in [0.25, 0.3) is 0 Å². The van der Waals surface area contributed by atoms with Crippen LogP contribution in [0.2, 0.25) is 0 Å². The summed E-state index contributed by atoms with van der Waals surface area (Å²) in [5.74, 6) is 5.92. The molecule has 0 radical (unpaired) electrons. The number of aryl methyl sites for hydroxylation is 1. The summed E-state index contributed by atoms with van der Waals surface area (Å²) in [5.41, 5.74) is 1.20. The number of benzene rings is 1. The molecular weight excluding hydrogens is 268 g/mol. The molecule has 0 heterocycles. The Labute approximate surface area is 126 Å². The minimum Gasteiger partial charge on any atom is -0.448 e. The Morgan fingerprint density at radius 2 is 2.00 bits per heavy atom. The van der Waals surface area contributed by atoms with E-state index in [9.17, 15) is 9.59 Å². The van der Waals surface area contributed by atoms with Gasteiger partial charge in [-0.15, -0.1) is 0 Å². The average molecular weight is 292 g/mol. The van der Waals surface area contributed by atoms with E-state index in [1.807, 2.05) is 44.2 Å². The van der Waals surface area contributed by atoms with Crippen LogP contribution in [-0.4, -0.2) is 30.0 Å². The first-order valence-corrected chi connectivity index (χ1v) is 7.24. The van der Waals surface area contributed by atoms with Crippen molar-refractivity contribution in [2.24, 2.45) is 11.8 Å². The maximum atomic E-state index is 11.8. The van der Waals surface area contributed by atoms with Crippen molar-refractivity contribution in [3.63, 3.8) is 0 Å². The minimum absolute atomic E-state index is 0.275. The first-order valence-electron chi connectivity index (χ1n) is 7.24. The molecule has 116 valence electrons. The highest BCUT2D eigenvalue weighted by atomic mass is 16.6. The molecule has 0 bridgehead atoms. The van der Waals surface area contributed by atoms with E-state index < -0.39 is 12.1 Å². The van der Waals surface area contributed by atoms with Crippen molar-refractivity contribution in [1.82, 2.24) is 5.01 Å². The molecule has 21 heavy (non-hydrogen) atoms. The van der Waals surface area contributed by atoms with E-state index in [0.29, 0.717) is 12.7 Å². The fraction of sp³-hybridized carbons (Fsp3) is 0.500. The molecule has 0 aliphatic carbocycles. The van der Waals surface area contributed by atoms with Crippen LogP contribution in [0.5, 0.6) is 0 Å². The van der Waals surface area contributed by atoms with Gasteiger partial charge < -0.3 is 9.53 Å². The van der Waals surface area contributed by atoms with Gasteiger partial charge in [-0.2, -0.15) is 0 Å². The van der Waals surface area contributed by atoms with Crippen molar-refractivity contribution in [3.8, 4) is 0 Å². The lowest BCUT2D eigenvalue weighted by molar-refractivity contribution is -0.112. The van der Waals surface area contributed by atoms with Crippen molar-refractivity contribution < 1.29 is 14.3 Å². The normalized spacial score (nSPS) is 12.0. The van der Waals surface area contributed by atoms with Crippen LogP contribution in [-0.2, 0) is 16.0 Å². The number of carbonyl (C=O) groups is 2. The lowest BCUT2D eigenvalue weighted by Crippen LogP contribution is -2.47. The molecule has 1 atom stereocenters. The van der Waals surface area contributed by atoms with Crippen LogP contribution >= 0.6 is 0 Å². The fourth-order valence-corrected chi connectivity index (χ4v) is 2.01. The Hall–Kier alpha value is -1.88. The smallest absolute Gasteiger partial charge is 0.424 e. The molecule has 1 amide bonds. The average Bonchev–Trinajstić information content (AvgIpc) is 2.49. The number of carbonyl (C=O) groups excluding carboxylic acids is 2. The molecule has 0 saturated heterocycles. The maximum Gasteiger partial charge on any atom is 0.424 e. The Bertz CT molecular complexity index is 434. The number of rotatable bonds is 8. The molecule has 5 nitrogen and oxygen atoms in total. The third-order valence-electron chi connectivity index (χ3n) is 3.12. The predicted octanol–water partition coefficient (Wildman–Crippen LogP) is 2.55. The van der Waals surface area contributed by atoms with Gasteiger partial charge in [0.05, 0.1) is 6.61 Å². The van der Waals surface area contributed by atoms with Crippen molar-refractivity contribution in [2.45, 2.75) is 39.2 Å². The third kappa shape index (κ3) is 6.40. The van der Waals surface area contributed by atoms with Crippen LogP contribution < -0.4 is 5.84 Å². The van der Waals surface area contributed by atoms with Gasteiger partial charge in [-0.05, 0) is 30.7 Å². The fourth-order valence-electron chi connectivity index (χ4n) is 2.01. The van der Waals surface area contributed by atoms with E-state index in [0.717, 1.165) is 17.9 Å². The number of nitrogens with zero attached hydrogens (tertiary/aromatic N) is 1. The number of ether oxygens (including phenoxy) is 1. The second-order valence-corrected chi connectivity index (χ2v) is 5.44. The van der Waals surface area contributed by atoms with Crippen LogP contribution in [0.4, 0.5) is 4.79 Å². The van der Waals surface area contributed by atoms with Gasteiger partial charge in [-0.3, -0.25) is 0 Å². The molecule has 1 aromatic rings. The summed E-state index contributed by atoms with van der Waals surface area (Å²) in [6, 6.07) is 9.34. The summed E-state index contributed by atoms with van der Waals surface area (Å²) < 4.78 is 5.09. The number of aldehydes is 1. The Kier molecular flexibility index (Phi) is 7.46. The van der Waals surface area contributed by atoms with E-state index in [1.165, 1.54) is 5.56 Å². The molecule has 0 saturated carbocycles. The standard InChI is InChI=1S/C16H24N2O3/c1-13(2)11-15(12-19)18(17)16(20)21-10-6-9-14-7-4-3-5-8-14/h3-5,7-8,12-13,15H,6,9-11,17H2,1-2H3. The predicted molar refractivity (Wildman–Crippen MR) is 81.4 cm³/mol. The third-order valence-corrected chi connectivity index (χ3v) is 3.12. The van der Waals surface area contributed by atoms with Crippen LogP contribution in [0, 0.1) is 5.92 Å². The van der Waals surface area contributed by atoms with E-state index in [-0.39, 0.29) is 12.5 Å². The first kappa shape index (κ1) is 17.2. The molecule has 5 heteroatoms. The molecule has 0 aliphatic rings. The second-order valence-electron chi connectivity index (χ2n) is 5.44. The summed E-state index contributed by atoms with van der Waals surface area (Å²) in [7, 11) is 0. The van der Waals surface area contributed by atoms with Gasteiger partial charge in [-0.1, -0.05) is 44.2 Å². The Morgan fingerprint density at radius 1 is 1.33 bits per heavy atom. The van der Waals surface area contributed by atoms with Gasteiger partial charge in [0.1, 0.15) is 12.3 Å². The summed E-state index contributed by atoms with van der Waals surface area (Å²) in [4.78, 5) is 22.7. The molecular formula is C16H24N2O3. The molecule has 1 rings (SSSR count). The van der Waals surface area contributed by atoms with Crippen LogP contribution in [0.3, 0.4) is 0 Å². The molecule has 1 unspecified atom stereocenters. The Morgan fingerprint density at radius 3 is 2.57 bits per heavy atom. The monoisotopic (exact) mass is 292 g/mol. The van der Waals surface area contributed by atoms with E-state index in [4.69, 9.17) is 10.6 Å². The number of hydrogen-bond acceptors (Lipinski definition) is 4. The highest BCUT2D eigenvalue weighted by Gasteiger charge is 2.22. The summed E-state index contributed by atoms with van der Waals surface area (Å²) in [5, 5.41) is 0.884. The van der Waals surface area contributed by atoms with Crippen LogP contribution in [0.25, 0.3) is 0 Å². The lowest BCUT2D eigenvalue weighted by atomic mass is 10.0. The highest BCUT2D eigenvalue weighted by molar-refractivity contribution is 5.72. The maximum absolute atomic E-state index is 11.8. The van der Waals surface area contributed by atoms with Crippen molar-refractivity contribution in [2.75, 3.05) is 6.61 Å². The zero-order valence-electron chi connectivity index (χ0n) is 12.7. The van der Waals surface area contributed by atoms with Gasteiger partial charge in [0.15, 0.2) is 0 Å². The molecule has 0 fully saturated rings. The number of amides is 1. The van der Waals surface area contributed by atoms with E-state index in [2.05, 4.69) is 0 Å². The quantitative estimate of drug-likeness (QED) is 0.263. The molecule has 0 aliphatic heterocycles. The van der Waals surface area contributed by atoms with Crippen molar-refractivity contribution in [3.05, 3.63) is 35.9 Å². The summed E-state index contributed by atoms with van der Waals surface area (Å²) in [6.45, 7) is 4.22. The minimum atomic E-state index is -0.652. The largest absolute Gasteiger partial charge is 0.448 e. The number of nitrogens with two attached hydrogens (primary N) is 1. The van der Waals surface area contributed by atoms with E-state index in [1.54, 1.807) is 0 Å².